The molecule has 17 heavy (non-hydrogen) atoms. The molecule has 1 rings (SSSR count). The van der Waals surface area contributed by atoms with E-state index in [4.69, 9.17) is 17.3 Å². The maximum Gasteiger partial charge on any atom is 0.224 e. The standard InChI is InChI=1S/C10H16ClN5O/c1-3-13-10-14-5-7(11)9(16-10)15-6(2)4-8(12)17/h5-6H,3-4H2,1-2H3,(H2,12,17)(H2,13,14,15,16). The number of nitrogens with zero attached hydrogens (tertiary/aromatic N) is 2. The van der Waals surface area contributed by atoms with Gasteiger partial charge in [-0.25, -0.2) is 4.98 Å². The molecule has 0 saturated carbocycles. The molecule has 1 heterocycles. The highest BCUT2D eigenvalue weighted by molar-refractivity contribution is 6.32. The zero-order chi connectivity index (χ0) is 12.8. The summed E-state index contributed by atoms with van der Waals surface area (Å²) in [5.41, 5.74) is 5.11. The second kappa shape index (κ2) is 6.24. The Bertz CT molecular complexity index is 398. The molecule has 0 aliphatic heterocycles. The molecule has 0 saturated heterocycles. The Kier molecular flexibility index (Phi) is 4.96. The lowest BCUT2D eigenvalue weighted by Crippen LogP contribution is -2.24. The van der Waals surface area contributed by atoms with Gasteiger partial charge in [-0.05, 0) is 13.8 Å². The SMILES string of the molecule is CCNc1ncc(Cl)c(NC(C)CC(N)=O)n1. The third-order valence-corrected chi connectivity index (χ3v) is 2.25. The monoisotopic (exact) mass is 257 g/mol. The summed E-state index contributed by atoms with van der Waals surface area (Å²) in [7, 11) is 0. The van der Waals surface area contributed by atoms with Crippen LogP contribution in [0.3, 0.4) is 0 Å². The maximum absolute atomic E-state index is 10.8. The van der Waals surface area contributed by atoms with Crippen LogP contribution >= 0.6 is 11.6 Å². The molecule has 7 heteroatoms. The Morgan fingerprint density at radius 1 is 1.65 bits per heavy atom. The molecule has 0 fully saturated rings. The van der Waals surface area contributed by atoms with Crippen LogP contribution in [0.15, 0.2) is 6.20 Å². The van der Waals surface area contributed by atoms with Crippen LogP contribution in [0.1, 0.15) is 20.3 Å². The quantitative estimate of drug-likeness (QED) is 0.713. The van der Waals surface area contributed by atoms with Crippen molar-refractivity contribution in [1.82, 2.24) is 9.97 Å². The minimum atomic E-state index is -0.373. The van der Waals surface area contributed by atoms with E-state index in [0.717, 1.165) is 6.54 Å². The number of amides is 1. The van der Waals surface area contributed by atoms with Gasteiger partial charge in [-0.1, -0.05) is 11.6 Å². The highest BCUT2D eigenvalue weighted by Crippen LogP contribution is 2.20. The van der Waals surface area contributed by atoms with E-state index in [-0.39, 0.29) is 18.4 Å². The van der Waals surface area contributed by atoms with Crippen LogP contribution in [0, 0.1) is 0 Å². The number of carbonyl (C=O) groups excluding carboxylic acids is 1. The number of nitrogens with one attached hydrogen (secondary N) is 2. The Morgan fingerprint density at radius 2 is 2.35 bits per heavy atom. The predicted octanol–water partition coefficient (Wildman–Crippen LogP) is 1.24. The van der Waals surface area contributed by atoms with E-state index in [1.54, 1.807) is 0 Å². The summed E-state index contributed by atoms with van der Waals surface area (Å²) in [6, 6.07) is -0.130. The number of primary amides is 1. The molecule has 1 aromatic rings. The van der Waals surface area contributed by atoms with Crippen LogP contribution in [-0.2, 0) is 4.79 Å². The first-order valence-electron chi connectivity index (χ1n) is 5.34. The lowest BCUT2D eigenvalue weighted by atomic mass is 10.2. The van der Waals surface area contributed by atoms with Crippen LogP contribution in [0.4, 0.5) is 11.8 Å². The number of halogens is 1. The van der Waals surface area contributed by atoms with Crippen molar-refractivity contribution in [2.24, 2.45) is 5.73 Å². The number of nitrogens with two attached hydrogens (primary N) is 1. The van der Waals surface area contributed by atoms with E-state index >= 15 is 0 Å². The number of hydrogen-bond donors (Lipinski definition) is 3. The number of anilines is 2. The fourth-order valence-corrected chi connectivity index (χ4v) is 1.44. The highest BCUT2D eigenvalue weighted by Gasteiger charge is 2.10. The van der Waals surface area contributed by atoms with Gasteiger partial charge >= 0.3 is 0 Å². The smallest absolute Gasteiger partial charge is 0.224 e. The number of rotatable bonds is 6. The van der Waals surface area contributed by atoms with Crippen molar-refractivity contribution in [3.8, 4) is 0 Å². The fourth-order valence-electron chi connectivity index (χ4n) is 1.30. The van der Waals surface area contributed by atoms with Crippen molar-refractivity contribution in [2.75, 3.05) is 17.2 Å². The lowest BCUT2D eigenvalue weighted by molar-refractivity contribution is -0.118. The lowest BCUT2D eigenvalue weighted by Gasteiger charge is -2.14. The van der Waals surface area contributed by atoms with Crippen molar-refractivity contribution >= 4 is 29.3 Å². The van der Waals surface area contributed by atoms with Gasteiger partial charge in [0.1, 0.15) is 5.02 Å². The zero-order valence-corrected chi connectivity index (χ0v) is 10.6. The summed E-state index contributed by atoms with van der Waals surface area (Å²) >= 11 is 5.95. The molecular weight excluding hydrogens is 242 g/mol. The predicted molar refractivity (Wildman–Crippen MR) is 68.1 cm³/mol. The molecule has 1 aromatic heterocycles. The molecule has 0 aliphatic rings. The van der Waals surface area contributed by atoms with Gasteiger partial charge < -0.3 is 16.4 Å². The fraction of sp³-hybridized carbons (Fsp3) is 0.500. The Labute approximate surface area is 105 Å². The van der Waals surface area contributed by atoms with Gasteiger partial charge in [0.05, 0.1) is 6.20 Å². The third-order valence-electron chi connectivity index (χ3n) is 1.97. The first-order valence-corrected chi connectivity index (χ1v) is 5.72. The van der Waals surface area contributed by atoms with Gasteiger partial charge in [0, 0.05) is 19.0 Å². The van der Waals surface area contributed by atoms with Gasteiger partial charge in [0.2, 0.25) is 11.9 Å². The van der Waals surface area contributed by atoms with Crippen molar-refractivity contribution in [3.63, 3.8) is 0 Å². The first kappa shape index (κ1) is 13.5. The zero-order valence-electron chi connectivity index (χ0n) is 9.83. The summed E-state index contributed by atoms with van der Waals surface area (Å²) in [6.45, 7) is 4.49. The molecule has 4 N–H and O–H groups in total. The summed E-state index contributed by atoms with van der Waals surface area (Å²) in [5, 5.41) is 6.40. The Hall–Kier alpha value is -1.56. The summed E-state index contributed by atoms with van der Waals surface area (Å²) in [5.74, 6) is 0.610. The topological polar surface area (TPSA) is 92.9 Å². The second-order valence-electron chi connectivity index (χ2n) is 3.64. The first-order chi connectivity index (χ1) is 8.02. The van der Waals surface area contributed by atoms with Crippen LogP contribution in [0.2, 0.25) is 5.02 Å². The molecule has 0 aromatic carbocycles. The molecule has 1 unspecified atom stereocenters. The van der Waals surface area contributed by atoms with Crippen LogP contribution in [0.5, 0.6) is 0 Å². The summed E-state index contributed by atoms with van der Waals surface area (Å²) in [6.07, 6.45) is 1.72. The number of aromatic nitrogens is 2. The third kappa shape index (κ3) is 4.44. The largest absolute Gasteiger partial charge is 0.370 e. The maximum atomic E-state index is 10.8. The van der Waals surface area contributed by atoms with E-state index in [9.17, 15) is 4.79 Å². The number of carbonyl (C=O) groups is 1. The molecule has 1 atom stereocenters. The Balaban J connectivity index is 2.74. The van der Waals surface area contributed by atoms with E-state index < -0.39 is 0 Å². The van der Waals surface area contributed by atoms with Gasteiger partial charge in [0.25, 0.3) is 0 Å². The Morgan fingerprint density at radius 3 is 2.94 bits per heavy atom. The van der Waals surface area contributed by atoms with Gasteiger partial charge in [-0.3, -0.25) is 4.79 Å². The van der Waals surface area contributed by atoms with Crippen molar-refractivity contribution < 1.29 is 4.79 Å². The summed E-state index contributed by atoms with van der Waals surface area (Å²) in [4.78, 5) is 19.0. The molecular formula is C10H16ClN5O. The van der Waals surface area contributed by atoms with Gasteiger partial charge in [0.15, 0.2) is 5.82 Å². The minimum absolute atomic E-state index is 0.130. The van der Waals surface area contributed by atoms with E-state index in [0.29, 0.717) is 16.8 Å². The molecule has 6 nitrogen and oxygen atoms in total. The van der Waals surface area contributed by atoms with E-state index in [2.05, 4.69) is 20.6 Å². The van der Waals surface area contributed by atoms with E-state index in [1.807, 2.05) is 13.8 Å². The number of hydrogen-bond acceptors (Lipinski definition) is 5. The van der Waals surface area contributed by atoms with Crippen LogP contribution < -0.4 is 16.4 Å². The van der Waals surface area contributed by atoms with E-state index in [1.165, 1.54) is 6.20 Å². The average Bonchev–Trinajstić information content (AvgIpc) is 2.22. The molecule has 0 bridgehead atoms. The summed E-state index contributed by atoms with van der Waals surface area (Å²) < 4.78 is 0. The molecule has 0 aliphatic carbocycles. The molecule has 94 valence electrons. The normalized spacial score (nSPS) is 11.9. The van der Waals surface area contributed by atoms with Gasteiger partial charge in [-0.2, -0.15) is 4.98 Å². The van der Waals surface area contributed by atoms with Crippen LogP contribution in [0.25, 0.3) is 0 Å². The highest BCUT2D eigenvalue weighted by atomic mass is 35.5. The van der Waals surface area contributed by atoms with Crippen molar-refractivity contribution in [1.29, 1.82) is 0 Å². The second-order valence-corrected chi connectivity index (χ2v) is 4.04. The molecule has 0 radical (unpaired) electrons. The van der Waals surface area contributed by atoms with Crippen molar-refractivity contribution in [3.05, 3.63) is 11.2 Å². The molecule has 0 spiro atoms. The van der Waals surface area contributed by atoms with Gasteiger partial charge in [-0.15, -0.1) is 0 Å². The average molecular weight is 258 g/mol. The minimum Gasteiger partial charge on any atom is -0.370 e. The van der Waals surface area contributed by atoms with Crippen LogP contribution in [-0.4, -0.2) is 28.5 Å². The molecule has 1 amide bonds. The van der Waals surface area contributed by atoms with Crippen molar-refractivity contribution in [2.45, 2.75) is 26.3 Å².